The molecule has 0 fully saturated rings. The molecule has 0 amide bonds. The van der Waals surface area contributed by atoms with Gasteiger partial charge in [0.15, 0.2) is 5.65 Å². The average Bonchev–Trinajstić information content (AvgIpc) is 2.62. The maximum absolute atomic E-state index is 13.1. The van der Waals surface area contributed by atoms with Crippen molar-refractivity contribution in [2.45, 2.75) is 38.1 Å². The summed E-state index contributed by atoms with van der Waals surface area (Å²) >= 11 is 1.38. The third-order valence-corrected chi connectivity index (χ3v) is 5.14. The first-order valence-corrected chi connectivity index (χ1v) is 9.62. The number of fused-ring (bicyclic) bond motifs is 1. The Bertz CT molecular complexity index is 1100. The van der Waals surface area contributed by atoms with Crippen molar-refractivity contribution in [2.24, 2.45) is 13.0 Å². The zero-order valence-corrected chi connectivity index (χ0v) is 16.5. The van der Waals surface area contributed by atoms with E-state index in [2.05, 4.69) is 9.97 Å². The summed E-state index contributed by atoms with van der Waals surface area (Å²) in [5.41, 5.74) is 0.495. The molecule has 142 valence electrons. The van der Waals surface area contributed by atoms with Gasteiger partial charge < -0.3 is 0 Å². The quantitative estimate of drug-likeness (QED) is 0.497. The Hall–Kier alpha value is -2.48. The van der Waals surface area contributed by atoms with Gasteiger partial charge in [-0.3, -0.25) is 13.9 Å². The molecule has 3 rings (SSSR count). The number of halogens is 1. The van der Waals surface area contributed by atoms with Crippen LogP contribution in [0, 0.1) is 18.7 Å². The normalized spacial score (nSPS) is 11.5. The summed E-state index contributed by atoms with van der Waals surface area (Å²) < 4.78 is 15.7. The minimum Gasteiger partial charge on any atom is -0.277 e. The van der Waals surface area contributed by atoms with Crippen LogP contribution in [0.4, 0.5) is 4.39 Å². The van der Waals surface area contributed by atoms with E-state index in [9.17, 15) is 14.0 Å². The molecule has 0 aliphatic rings. The summed E-state index contributed by atoms with van der Waals surface area (Å²) in [7, 11) is 1.47. The summed E-state index contributed by atoms with van der Waals surface area (Å²) in [6.45, 7) is 6.20. The summed E-state index contributed by atoms with van der Waals surface area (Å²) in [5, 5.41) is 0.871. The van der Waals surface area contributed by atoms with Gasteiger partial charge in [-0.05, 0) is 30.5 Å². The molecular weight excluding hydrogens is 367 g/mol. The number of thioether (sulfide) groups is 1. The first kappa shape index (κ1) is 19.3. The number of nitrogens with zero attached hydrogens (tertiary/aromatic N) is 4. The maximum atomic E-state index is 13.1. The minimum absolute atomic E-state index is 0.217. The van der Waals surface area contributed by atoms with Gasteiger partial charge >= 0.3 is 5.69 Å². The van der Waals surface area contributed by atoms with E-state index in [-0.39, 0.29) is 17.4 Å². The molecule has 3 aromatic rings. The zero-order chi connectivity index (χ0) is 19.7. The van der Waals surface area contributed by atoms with Crippen LogP contribution in [0.25, 0.3) is 11.0 Å². The fourth-order valence-electron chi connectivity index (χ4n) is 2.81. The van der Waals surface area contributed by atoms with Crippen molar-refractivity contribution in [1.29, 1.82) is 0 Å². The van der Waals surface area contributed by atoms with E-state index in [1.54, 1.807) is 19.1 Å². The van der Waals surface area contributed by atoms with Gasteiger partial charge in [0.2, 0.25) is 0 Å². The molecular formula is C19H21FN4O2S. The topological polar surface area (TPSA) is 69.8 Å². The van der Waals surface area contributed by atoms with E-state index in [1.165, 1.54) is 35.5 Å². The molecule has 0 aliphatic carbocycles. The van der Waals surface area contributed by atoms with Gasteiger partial charge in [-0.1, -0.05) is 26.0 Å². The van der Waals surface area contributed by atoms with Crippen molar-refractivity contribution in [3.63, 3.8) is 0 Å². The molecule has 0 saturated carbocycles. The average molecular weight is 388 g/mol. The van der Waals surface area contributed by atoms with Crippen molar-refractivity contribution in [1.82, 2.24) is 19.1 Å². The van der Waals surface area contributed by atoms with Crippen molar-refractivity contribution < 1.29 is 4.39 Å². The van der Waals surface area contributed by atoms with Crippen molar-refractivity contribution in [2.75, 3.05) is 0 Å². The SMILES string of the molecule is Cc1nc(SCc2ccc(F)cc2)c2c(=O)n(C)c(=O)n(CC(C)C)c2n1. The number of hydrogen-bond acceptors (Lipinski definition) is 5. The standard InChI is InChI=1S/C19H21FN4O2S/c1-11(2)9-24-16-15(18(25)23(4)19(24)26)17(22-12(3)21-16)27-10-13-5-7-14(20)8-6-13/h5-8,11H,9-10H2,1-4H3. The van der Waals surface area contributed by atoms with Crippen LogP contribution in [-0.2, 0) is 19.3 Å². The van der Waals surface area contributed by atoms with E-state index in [4.69, 9.17) is 0 Å². The van der Waals surface area contributed by atoms with Crippen LogP contribution in [0.5, 0.6) is 0 Å². The van der Waals surface area contributed by atoms with Crippen LogP contribution in [0.3, 0.4) is 0 Å². The Balaban J connectivity index is 2.15. The second-order valence-electron chi connectivity index (χ2n) is 6.84. The highest BCUT2D eigenvalue weighted by Crippen LogP contribution is 2.26. The molecule has 0 bridgehead atoms. The molecule has 2 heterocycles. The first-order chi connectivity index (χ1) is 12.8. The third kappa shape index (κ3) is 3.95. The lowest BCUT2D eigenvalue weighted by Crippen LogP contribution is -2.39. The van der Waals surface area contributed by atoms with Gasteiger partial charge in [0.05, 0.1) is 0 Å². The lowest BCUT2D eigenvalue weighted by molar-refractivity contribution is 0.498. The summed E-state index contributed by atoms with van der Waals surface area (Å²) in [5.74, 6) is 0.945. The van der Waals surface area contributed by atoms with Crippen molar-refractivity contribution in [3.05, 3.63) is 62.3 Å². The molecule has 8 heteroatoms. The summed E-state index contributed by atoms with van der Waals surface area (Å²) in [6, 6.07) is 6.20. The van der Waals surface area contributed by atoms with Crippen LogP contribution in [-0.4, -0.2) is 19.1 Å². The molecule has 2 aromatic heterocycles. The molecule has 0 N–H and O–H groups in total. The van der Waals surface area contributed by atoms with Gasteiger partial charge in [0.25, 0.3) is 5.56 Å². The van der Waals surface area contributed by atoms with Crippen LogP contribution in [0.2, 0.25) is 0 Å². The number of aromatic nitrogens is 4. The highest BCUT2D eigenvalue weighted by Gasteiger charge is 2.18. The van der Waals surface area contributed by atoms with Crippen LogP contribution >= 0.6 is 11.8 Å². The van der Waals surface area contributed by atoms with Gasteiger partial charge in [-0.25, -0.2) is 19.2 Å². The third-order valence-electron chi connectivity index (χ3n) is 4.10. The first-order valence-electron chi connectivity index (χ1n) is 8.63. The van der Waals surface area contributed by atoms with E-state index >= 15 is 0 Å². The van der Waals surface area contributed by atoms with Crippen LogP contribution in [0.1, 0.15) is 25.2 Å². The van der Waals surface area contributed by atoms with Crippen molar-refractivity contribution in [3.8, 4) is 0 Å². The van der Waals surface area contributed by atoms with Gasteiger partial charge in [0, 0.05) is 19.3 Å². The second kappa shape index (κ2) is 7.64. The molecule has 0 aliphatic heterocycles. The fourth-order valence-corrected chi connectivity index (χ4v) is 3.82. The highest BCUT2D eigenvalue weighted by molar-refractivity contribution is 7.98. The predicted octanol–water partition coefficient (Wildman–Crippen LogP) is 2.89. The van der Waals surface area contributed by atoms with E-state index in [1.807, 2.05) is 13.8 Å². The lowest BCUT2D eigenvalue weighted by atomic mass is 10.2. The van der Waals surface area contributed by atoms with Gasteiger partial charge in [-0.2, -0.15) is 0 Å². The van der Waals surface area contributed by atoms with E-state index in [0.717, 1.165) is 10.1 Å². The molecule has 27 heavy (non-hydrogen) atoms. The number of benzene rings is 1. The molecule has 1 aromatic carbocycles. The Kier molecular flexibility index (Phi) is 5.46. The van der Waals surface area contributed by atoms with Crippen LogP contribution < -0.4 is 11.2 Å². The molecule has 0 radical (unpaired) electrons. The largest absolute Gasteiger partial charge is 0.332 e. The Labute approximate surface area is 160 Å². The van der Waals surface area contributed by atoms with Gasteiger partial charge in [0.1, 0.15) is 22.1 Å². The minimum atomic E-state index is -0.406. The number of rotatable bonds is 5. The Morgan fingerprint density at radius 1 is 1.15 bits per heavy atom. The number of hydrogen-bond donors (Lipinski definition) is 0. The van der Waals surface area contributed by atoms with Gasteiger partial charge in [-0.15, -0.1) is 11.8 Å². The predicted molar refractivity (Wildman–Crippen MR) is 105 cm³/mol. The molecule has 0 spiro atoms. The highest BCUT2D eigenvalue weighted by atomic mass is 32.2. The molecule has 6 nitrogen and oxygen atoms in total. The van der Waals surface area contributed by atoms with Crippen molar-refractivity contribution >= 4 is 22.8 Å². The smallest absolute Gasteiger partial charge is 0.277 e. The second-order valence-corrected chi connectivity index (χ2v) is 7.80. The summed E-state index contributed by atoms with van der Waals surface area (Å²) in [6.07, 6.45) is 0. The van der Waals surface area contributed by atoms with E-state index in [0.29, 0.717) is 34.2 Å². The zero-order valence-electron chi connectivity index (χ0n) is 15.7. The number of aryl methyl sites for hydroxylation is 1. The lowest BCUT2D eigenvalue weighted by Gasteiger charge is -2.15. The molecule has 0 atom stereocenters. The fraction of sp³-hybridized carbons (Fsp3) is 0.368. The molecule has 0 saturated heterocycles. The summed E-state index contributed by atoms with van der Waals surface area (Å²) in [4.78, 5) is 34.2. The Morgan fingerprint density at radius 2 is 1.81 bits per heavy atom. The maximum Gasteiger partial charge on any atom is 0.332 e. The van der Waals surface area contributed by atoms with Crippen LogP contribution in [0.15, 0.2) is 38.9 Å². The molecule has 0 unspecified atom stereocenters. The Morgan fingerprint density at radius 3 is 2.44 bits per heavy atom. The monoisotopic (exact) mass is 388 g/mol. The van der Waals surface area contributed by atoms with E-state index < -0.39 is 5.56 Å².